The molecule has 9 heteroatoms. The van der Waals surface area contributed by atoms with E-state index in [1.165, 1.54) is 18.5 Å². The summed E-state index contributed by atoms with van der Waals surface area (Å²) in [5.74, 6) is 1.55. The molecule has 0 fully saturated rings. The van der Waals surface area contributed by atoms with Gasteiger partial charge in [-0.3, -0.25) is 9.55 Å². The number of aromatic nitrogens is 3. The molecule has 1 aromatic carbocycles. The highest BCUT2D eigenvalue weighted by Gasteiger charge is 2.14. The molecule has 1 N–H and O–H groups in total. The Labute approximate surface area is 165 Å². The summed E-state index contributed by atoms with van der Waals surface area (Å²) in [5.41, 5.74) is 1.02. The van der Waals surface area contributed by atoms with Crippen LogP contribution in [0, 0.1) is 11.3 Å². The van der Waals surface area contributed by atoms with Crippen molar-refractivity contribution in [3.05, 3.63) is 69.9 Å². The Kier molecular flexibility index (Phi) is 5.07. The molecule has 0 unspecified atom stereocenters. The van der Waals surface area contributed by atoms with E-state index in [9.17, 15) is 14.4 Å². The van der Waals surface area contributed by atoms with Crippen LogP contribution in [0.25, 0.3) is 0 Å². The summed E-state index contributed by atoms with van der Waals surface area (Å²) in [6.07, 6.45) is 2.86. The number of pyridine rings is 1. The van der Waals surface area contributed by atoms with Crippen molar-refractivity contribution in [3.8, 4) is 23.4 Å². The molecule has 29 heavy (non-hydrogen) atoms. The Morgan fingerprint density at radius 3 is 2.97 bits per heavy atom. The first-order chi connectivity index (χ1) is 14.2. The Hall–Kier alpha value is -3.93. The number of ether oxygens (including phenoxy) is 2. The van der Waals surface area contributed by atoms with Crippen LogP contribution < -0.4 is 20.5 Å². The van der Waals surface area contributed by atoms with Gasteiger partial charge in [0.15, 0.2) is 0 Å². The molecule has 3 aromatic rings. The van der Waals surface area contributed by atoms with Crippen LogP contribution in [0.3, 0.4) is 0 Å². The topological polar surface area (TPSA) is 102 Å². The molecule has 0 radical (unpaired) electrons. The van der Waals surface area contributed by atoms with Crippen LogP contribution >= 0.6 is 0 Å². The monoisotopic (exact) mass is 393 g/mol. The summed E-state index contributed by atoms with van der Waals surface area (Å²) in [5, 5.41) is 12.5. The van der Waals surface area contributed by atoms with Gasteiger partial charge >= 0.3 is 5.69 Å². The lowest BCUT2D eigenvalue weighted by Crippen LogP contribution is -2.21. The van der Waals surface area contributed by atoms with Gasteiger partial charge in [-0.25, -0.2) is 9.18 Å². The van der Waals surface area contributed by atoms with Crippen molar-refractivity contribution >= 4 is 5.82 Å². The number of nitrogens with zero attached hydrogens (tertiary/aromatic N) is 4. The Morgan fingerprint density at radius 2 is 2.14 bits per heavy atom. The van der Waals surface area contributed by atoms with Crippen molar-refractivity contribution in [2.24, 2.45) is 0 Å². The van der Waals surface area contributed by atoms with Gasteiger partial charge in [0.25, 0.3) is 0 Å². The number of benzene rings is 1. The van der Waals surface area contributed by atoms with E-state index in [1.807, 2.05) is 0 Å². The summed E-state index contributed by atoms with van der Waals surface area (Å²) in [6, 6.07) is 10.3. The molecule has 146 valence electrons. The predicted octanol–water partition coefficient (Wildman–Crippen LogP) is 2.78. The number of hydrogen-bond acceptors (Lipinski definition) is 7. The molecule has 0 aliphatic carbocycles. The van der Waals surface area contributed by atoms with Crippen molar-refractivity contribution in [1.82, 2.24) is 14.5 Å². The van der Waals surface area contributed by atoms with E-state index in [2.05, 4.69) is 21.4 Å². The van der Waals surface area contributed by atoms with Gasteiger partial charge in [-0.2, -0.15) is 10.2 Å². The molecule has 0 saturated heterocycles. The summed E-state index contributed by atoms with van der Waals surface area (Å²) in [7, 11) is 0. The van der Waals surface area contributed by atoms with Crippen LogP contribution in [0.2, 0.25) is 0 Å². The predicted molar refractivity (Wildman–Crippen MR) is 102 cm³/mol. The van der Waals surface area contributed by atoms with Gasteiger partial charge in [0.05, 0.1) is 11.8 Å². The van der Waals surface area contributed by atoms with Crippen molar-refractivity contribution in [1.29, 1.82) is 5.26 Å². The Bertz CT molecular complexity index is 1160. The average molecular weight is 393 g/mol. The molecule has 4 rings (SSSR count). The van der Waals surface area contributed by atoms with Crippen molar-refractivity contribution in [2.45, 2.75) is 19.8 Å². The van der Waals surface area contributed by atoms with Gasteiger partial charge in [0, 0.05) is 30.9 Å². The molecule has 0 amide bonds. The standard InChI is InChI=1S/C20H16FN5O3/c21-8-14-6-16(11-23-10-14)29-17-2-1-13(5-15(17)9-22)12-28-19-7-18-24-3-4-26(18)20(27)25-19/h1-2,5-7,10-11,24H,3-4,8,12H2. The molecule has 0 saturated carbocycles. The van der Waals surface area contributed by atoms with E-state index in [1.54, 1.807) is 28.8 Å². The fourth-order valence-electron chi connectivity index (χ4n) is 2.94. The van der Waals surface area contributed by atoms with Gasteiger partial charge in [-0.1, -0.05) is 6.07 Å². The zero-order valence-corrected chi connectivity index (χ0v) is 15.3. The molecular weight excluding hydrogens is 377 g/mol. The molecule has 0 atom stereocenters. The lowest BCUT2D eigenvalue weighted by atomic mass is 10.1. The number of nitriles is 1. The normalized spacial score (nSPS) is 12.0. The van der Waals surface area contributed by atoms with Crippen LogP contribution in [-0.2, 0) is 19.8 Å². The van der Waals surface area contributed by atoms with Gasteiger partial charge in [0.2, 0.25) is 5.88 Å². The smallest absolute Gasteiger partial charge is 0.352 e. The van der Waals surface area contributed by atoms with Crippen LogP contribution in [0.4, 0.5) is 10.2 Å². The number of halogens is 1. The second-order valence-corrected chi connectivity index (χ2v) is 6.34. The average Bonchev–Trinajstić information content (AvgIpc) is 3.22. The zero-order valence-electron chi connectivity index (χ0n) is 15.3. The molecule has 1 aliphatic rings. The Morgan fingerprint density at radius 1 is 1.24 bits per heavy atom. The highest BCUT2D eigenvalue weighted by Crippen LogP contribution is 2.27. The van der Waals surface area contributed by atoms with Crippen molar-refractivity contribution in [2.75, 3.05) is 11.9 Å². The molecule has 8 nitrogen and oxygen atoms in total. The number of anilines is 1. The first-order valence-electron chi connectivity index (χ1n) is 8.85. The Balaban J connectivity index is 1.49. The maximum Gasteiger partial charge on any atom is 0.352 e. The zero-order chi connectivity index (χ0) is 20.2. The number of rotatable bonds is 6. The number of hydrogen-bond donors (Lipinski definition) is 1. The second kappa shape index (κ2) is 7.98. The van der Waals surface area contributed by atoms with E-state index in [-0.39, 0.29) is 18.2 Å². The van der Waals surface area contributed by atoms with E-state index < -0.39 is 6.67 Å². The van der Waals surface area contributed by atoms with Gasteiger partial charge in [-0.05, 0) is 23.8 Å². The molecule has 0 bridgehead atoms. The van der Waals surface area contributed by atoms with Crippen LogP contribution in [0.1, 0.15) is 16.7 Å². The third-order valence-electron chi connectivity index (χ3n) is 4.33. The number of alkyl halides is 1. The minimum Gasteiger partial charge on any atom is -0.473 e. The van der Waals surface area contributed by atoms with Crippen molar-refractivity contribution in [3.63, 3.8) is 0 Å². The molecule has 0 spiro atoms. The lowest BCUT2D eigenvalue weighted by molar-refractivity contribution is 0.291. The first-order valence-corrected chi connectivity index (χ1v) is 8.85. The van der Waals surface area contributed by atoms with Gasteiger partial charge in [0.1, 0.15) is 36.7 Å². The minimum atomic E-state index is -0.651. The summed E-state index contributed by atoms with van der Waals surface area (Å²) >= 11 is 0. The fourth-order valence-corrected chi connectivity index (χ4v) is 2.94. The summed E-state index contributed by atoms with van der Waals surface area (Å²) in [4.78, 5) is 19.8. The SMILES string of the molecule is N#Cc1cc(COc2cc3n(c(=O)n2)CCN3)ccc1Oc1cncc(CF)c1. The summed E-state index contributed by atoms with van der Waals surface area (Å²) < 4.78 is 25.6. The highest BCUT2D eigenvalue weighted by molar-refractivity contribution is 5.47. The quantitative estimate of drug-likeness (QED) is 0.687. The maximum atomic E-state index is 12.8. The van der Waals surface area contributed by atoms with E-state index in [0.717, 1.165) is 0 Å². The van der Waals surface area contributed by atoms with Crippen molar-refractivity contribution < 1.29 is 13.9 Å². The molecule has 2 aromatic heterocycles. The summed E-state index contributed by atoms with van der Waals surface area (Å²) in [6.45, 7) is 0.737. The number of fused-ring (bicyclic) bond motifs is 1. The molecule has 3 heterocycles. The third-order valence-corrected chi connectivity index (χ3v) is 4.33. The molecular formula is C20H16FN5O3. The van der Waals surface area contributed by atoms with Crippen LogP contribution in [0.15, 0.2) is 47.5 Å². The first kappa shape index (κ1) is 18.4. The maximum absolute atomic E-state index is 12.8. The molecule has 1 aliphatic heterocycles. The highest BCUT2D eigenvalue weighted by atomic mass is 19.1. The number of nitrogens with one attached hydrogen (secondary N) is 1. The second-order valence-electron chi connectivity index (χ2n) is 6.34. The lowest BCUT2D eigenvalue weighted by Gasteiger charge is -2.11. The van der Waals surface area contributed by atoms with E-state index >= 15 is 0 Å². The van der Waals surface area contributed by atoms with E-state index in [4.69, 9.17) is 9.47 Å². The van der Waals surface area contributed by atoms with Gasteiger partial charge < -0.3 is 14.8 Å². The largest absolute Gasteiger partial charge is 0.473 e. The third kappa shape index (κ3) is 4.01. The minimum absolute atomic E-state index is 0.129. The van der Waals surface area contributed by atoms with Crippen LogP contribution in [0.5, 0.6) is 17.4 Å². The fraction of sp³-hybridized carbons (Fsp3) is 0.200. The van der Waals surface area contributed by atoms with Gasteiger partial charge in [-0.15, -0.1) is 0 Å². The van der Waals surface area contributed by atoms with E-state index in [0.29, 0.717) is 47.1 Å². The van der Waals surface area contributed by atoms with Crippen LogP contribution in [-0.4, -0.2) is 21.1 Å².